The van der Waals surface area contributed by atoms with Crippen LogP contribution in [0.5, 0.6) is 5.75 Å². The van der Waals surface area contributed by atoms with Crippen molar-refractivity contribution in [3.63, 3.8) is 0 Å². The second-order valence-electron chi connectivity index (χ2n) is 4.59. The van der Waals surface area contributed by atoms with Gasteiger partial charge in [-0.1, -0.05) is 57.2 Å². The molecule has 5 nitrogen and oxygen atoms in total. The third-order valence-corrected chi connectivity index (χ3v) is 2.79. The summed E-state index contributed by atoms with van der Waals surface area (Å²) in [4.78, 5) is 25.6. The van der Waals surface area contributed by atoms with E-state index < -0.39 is 7.82 Å². The minimum atomic E-state index is -5.39. The van der Waals surface area contributed by atoms with E-state index in [1.807, 2.05) is 18.2 Å². The zero-order valence-corrected chi connectivity index (χ0v) is 21.7. The first kappa shape index (κ1) is 32.8. The number of phenolic OH excluding ortho intramolecular Hbond substituents is 1. The second-order valence-corrected chi connectivity index (χ2v) is 5.49. The molecule has 1 aromatic rings. The van der Waals surface area contributed by atoms with Gasteiger partial charge in [-0.2, -0.15) is 7.82 Å². The molecule has 0 aliphatic rings. The Bertz CT molecular complexity index is 407. The number of aromatic hydroxyl groups is 1. The van der Waals surface area contributed by atoms with Gasteiger partial charge < -0.3 is 24.4 Å². The van der Waals surface area contributed by atoms with Gasteiger partial charge in [0.1, 0.15) is 5.75 Å². The maximum absolute atomic E-state index is 9.55. The van der Waals surface area contributed by atoms with E-state index in [-0.39, 0.29) is 88.7 Å². The SMILES string of the molecule is CCCCCCCCc1ccccc1O.O=P([O-])([O-])[O-].[Na+].[Na+].[Na+]. The summed E-state index contributed by atoms with van der Waals surface area (Å²) >= 11 is 0. The van der Waals surface area contributed by atoms with Gasteiger partial charge in [-0.25, -0.2) is 0 Å². The number of phenols is 1. The van der Waals surface area contributed by atoms with Crippen molar-refractivity contribution < 1.29 is 113 Å². The first-order valence-corrected chi connectivity index (χ1v) is 8.30. The maximum atomic E-state index is 9.55. The zero-order valence-electron chi connectivity index (χ0n) is 14.8. The average molecular weight is 370 g/mol. The van der Waals surface area contributed by atoms with Crippen LogP contribution in [0.2, 0.25) is 0 Å². The minimum Gasteiger partial charge on any atom is -0.822 e. The second kappa shape index (κ2) is 20.4. The minimum absolute atomic E-state index is 0. The van der Waals surface area contributed by atoms with Crippen LogP contribution < -0.4 is 103 Å². The number of hydrogen-bond donors (Lipinski definition) is 1. The van der Waals surface area contributed by atoms with Crippen molar-refractivity contribution in [1.29, 1.82) is 0 Å². The molecule has 9 heteroatoms. The Morgan fingerprint density at radius 3 is 1.83 bits per heavy atom. The van der Waals surface area contributed by atoms with E-state index in [1.165, 1.54) is 38.5 Å². The van der Waals surface area contributed by atoms with Gasteiger partial charge in [0.25, 0.3) is 0 Å². The summed E-state index contributed by atoms with van der Waals surface area (Å²) in [6.07, 6.45) is 8.85. The Morgan fingerprint density at radius 2 is 1.35 bits per heavy atom. The van der Waals surface area contributed by atoms with Gasteiger partial charge in [0, 0.05) is 0 Å². The fourth-order valence-corrected chi connectivity index (χ4v) is 1.82. The molecular weight excluding hydrogens is 348 g/mol. The zero-order chi connectivity index (χ0) is 15.4. The van der Waals surface area contributed by atoms with Crippen molar-refractivity contribution in [2.45, 2.75) is 51.9 Å². The molecule has 0 fully saturated rings. The van der Waals surface area contributed by atoms with Crippen molar-refractivity contribution in [2.24, 2.45) is 0 Å². The van der Waals surface area contributed by atoms with Crippen molar-refractivity contribution in [2.75, 3.05) is 0 Å². The Kier molecular flexibility index (Phi) is 29.1. The molecule has 116 valence electrons. The Labute approximate surface area is 205 Å². The smallest absolute Gasteiger partial charge is 0.822 e. The fraction of sp³-hybridized carbons (Fsp3) is 0.571. The molecule has 0 aliphatic carbocycles. The standard InChI is InChI=1S/C14H22O.3Na.H3O4P/c1-2-3-4-5-6-7-10-13-11-8-9-12-14(13)15;;;;1-5(2,3)4/h8-9,11-12,15H,2-7,10H2,1H3;;;;(H3,1,2,3,4)/q;3*+1;/p-3. The molecule has 0 saturated heterocycles. The Hall–Kier alpha value is 2.13. The van der Waals surface area contributed by atoms with Crippen LogP contribution >= 0.6 is 7.82 Å². The normalized spacial score (nSPS) is 9.39. The van der Waals surface area contributed by atoms with E-state index in [0.717, 1.165) is 12.0 Å². The summed E-state index contributed by atoms with van der Waals surface area (Å²) < 4.78 is 8.55. The largest absolute Gasteiger partial charge is 1.00 e. The summed E-state index contributed by atoms with van der Waals surface area (Å²) in [7, 11) is -5.39. The fourth-order valence-electron chi connectivity index (χ4n) is 1.82. The van der Waals surface area contributed by atoms with Gasteiger partial charge in [-0.3, -0.25) is 0 Å². The van der Waals surface area contributed by atoms with E-state index in [9.17, 15) is 5.11 Å². The predicted octanol–water partition coefficient (Wildman–Crippen LogP) is -7.52. The number of para-hydroxylation sites is 1. The summed E-state index contributed by atoms with van der Waals surface area (Å²) in [6, 6.07) is 7.65. The summed E-state index contributed by atoms with van der Waals surface area (Å²) in [5, 5.41) is 9.55. The first-order chi connectivity index (χ1) is 9.34. The molecule has 23 heavy (non-hydrogen) atoms. The van der Waals surface area contributed by atoms with Crippen LogP contribution in [0, 0.1) is 0 Å². The van der Waals surface area contributed by atoms with Gasteiger partial charge in [0.2, 0.25) is 0 Å². The molecule has 0 radical (unpaired) electrons. The average Bonchev–Trinajstić information content (AvgIpc) is 2.33. The molecule has 0 bridgehead atoms. The van der Waals surface area contributed by atoms with E-state index >= 15 is 0 Å². The number of unbranched alkanes of at least 4 members (excludes halogenated alkanes) is 5. The van der Waals surface area contributed by atoms with Crippen LogP contribution in [-0.2, 0) is 11.0 Å². The maximum Gasteiger partial charge on any atom is 1.00 e. The third-order valence-electron chi connectivity index (χ3n) is 2.79. The number of hydrogen-bond acceptors (Lipinski definition) is 5. The first-order valence-electron chi connectivity index (χ1n) is 6.84. The summed E-state index contributed by atoms with van der Waals surface area (Å²) in [6.45, 7) is 2.24. The van der Waals surface area contributed by atoms with E-state index in [1.54, 1.807) is 6.07 Å². The molecular formula is C14H22Na3O5P. The molecule has 1 rings (SSSR count). The van der Waals surface area contributed by atoms with Crippen LogP contribution in [-0.4, -0.2) is 5.11 Å². The molecule has 1 aromatic carbocycles. The van der Waals surface area contributed by atoms with Crippen molar-refractivity contribution in [3.8, 4) is 5.75 Å². The van der Waals surface area contributed by atoms with E-state index in [4.69, 9.17) is 19.2 Å². The summed E-state index contributed by atoms with van der Waals surface area (Å²) in [5.74, 6) is 0.450. The van der Waals surface area contributed by atoms with Crippen LogP contribution in [0.1, 0.15) is 51.0 Å². The monoisotopic (exact) mass is 370 g/mol. The van der Waals surface area contributed by atoms with Crippen LogP contribution in [0.3, 0.4) is 0 Å². The van der Waals surface area contributed by atoms with Gasteiger partial charge >= 0.3 is 88.7 Å². The van der Waals surface area contributed by atoms with Gasteiger partial charge in [0.05, 0.1) is 0 Å². The molecule has 0 amide bonds. The Morgan fingerprint density at radius 1 is 0.913 bits per heavy atom. The van der Waals surface area contributed by atoms with Crippen molar-refractivity contribution in [1.82, 2.24) is 0 Å². The van der Waals surface area contributed by atoms with Gasteiger partial charge in [0.15, 0.2) is 0 Å². The van der Waals surface area contributed by atoms with E-state index in [2.05, 4.69) is 6.92 Å². The Balaban J connectivity index is -0.000000199. The number of aryl methyl sites for hydroxylation is 1. The van der Waals surface area contributed by atoms with Gasteiger partial charge in [-0.05, 0) is 24.5 Å². The predicted molar refractivity (Wildman–Crippen MR) is 72.8 cm³/mol. The summed E-state index contributed by atoms with van der Waals surface area (Å²) in [5.41, 5.74) is 1.09. The third kappa shape index (κ3) is 26.5. The van der Waals surface area contributed by atoms with E-state index in [0.29, 0.717) is 5.75 Å². The number of benzene rings is 1. The molecule has 0 unspecified atom stereocenters. The number of phosphoric acid groups is 1. The molecule has 0 aromatic heterocycles. The number of rotatable bonds is 7. The molecule has 0 spiro atoms. The van der Waals surface area contributed by atoms with Crippen LogP contribution in [0.15, 0.2) is 24.3 Å². The molecule has 1 N–H and O–H groups in total. The van der Waals surface area contributed by atoms with Crippen molar-refractivity contribution in [3.05, 3.63) is 29.8 Å². The van der Waals surface area contributed by atoms with Gasteiger partial charge in [-0.15, -0.1) is 0 Å². The quantitative estimate of drug-likeness (QED) is 0.292. The van der Waals surface area contributed by atoms with Crippen LogP contribution in [0.4, 0.5) is 0 Å². The molecule has 0 aliphatic heterocycles. The van der Waals surface area contributed by atoms with Crippen molar-refractivity contribution >= 4 is 7.82 Å². The molecule has 0 heterocycles. The molecule has 0 saturated carbocycles. The molecule has 0 atom stereocenters. The van der Waals surface area contributed by atoms with Crippen LogP contribution in [0.25, 0.3) is 0 Å². The topological polar surface area (TPSA) is 106 Å².